The zero-order chi connectivity index (χ0) is 16.5. The maximum atomic E-state index is 11.6. The van der Waals surface area contributed by atoms with Crippen LogP contribution in [0.25, 0.3) is 6.08 Å². The Hall–Kier alpha value is -2.74. The first kappa shape index (κ1) is 17.3. The molecular formula is C14H19N3O5. The third-order valence-electron chi connectivity index (χ3n) is 2.70. The molecule has 0 fully saturated rings. The van der Waals surface area contributed by atoms with Crippen LogP contribution in [0.1, 0.15) is 5.56 Å². The summed E-state index contributed by atoms with van der Waals surface area (Å²) in [6.07, 6.45) is 2.84. The SMILES string of the molecule is COc1cc(/C=C/C(=O)NCC(=O)NN)cc(OC)c1OC. The van der Waals surface area contributed by atoms with Gasteiger partial charge in [-0.2, -0.15) is 0 Å². The van der Waals surface area contributed by atoms with Crippen LogP contribution in [0.4, 0.5) is 0 Å². The monoisotopic (exact) mass is 309 g/mol. The molecule has 1 rings (SSSR count). The van der Waals surface area contributed by atoms with Crippen molar-refractivity contribution < 1.29 is 23.8 Å². The molecule has 4 N–H and O–H groups in total. The van der Waals surface area contributed by atoms with E-state index in [9.17, 15) is 9.59 Å². The van der Waals surface area contributed by atoms with Crippen molar-refractivity contribution in [2.45, 2.75) is 0 Å². The van der Waals surface area contributed by atoms with Gasteiger partial charge < -0.3 is 19.5 Å². The lowest BCUT2D eigenvalue weighted by atomic mass is 10.1. The highest BCUT2D eigenvalue weighted by atomic mass is 16.5. The maximum absolute atomic E-state index is 11.6. The number of nitrogens with one attached hydrogen (secondary N) is 2. The van der Waals surface area contributed by atoms with Gasteiger partial charge in [0.1, 0.15) is 0 Å². The van der Waals surface area contributed by atoms with Crippen LogP contribution in [-0.2, 0) is 9.59 Å². The molecule has 2 amide bonds. The highest BCUT2D eigenvalue weighted by Gasteiger charge is 2.12. The Morgan fingerprint density at radius 1 is 1.14 bits per heavy atom. The first-order valence-electron chi connectivity index (χ1n) is 6.31. The summed E-state index contributed by atoms with van der Waals surface area (Å²) >= 11 is 0. The van der Waals surface area contributed by atoms with Crippen molar-refractivity contribution in [3.8, 4) is 17.2 Å². The van der Waals surface area contributed by atoms with Gasteiger partial charge in [0, 0.05) is 6.08 Å². The van der Waals surface area contributed by atoms with E-state index in [-0.39, 0.29) is 6.54 Å². The number of methoxy groups -OCH3 is 3. The summed E-state index contributed by atoms with van der Waals surface area (Å²) < 4.78 is 15.6. The number of hydrazine groups is 1. The van der Waals surface area contributed by atoms with Crippen LogP contribution >= 0.6 is 0 Å². The van der Waals surface area contributed by atoms with Gasteiger partial charge >= 0.3 is 0 Å². The Kier molecular flexibility index (Phi) is 6.71. The normalized spacial score (nSPS) is 10.2. The lowest BCUT2D eigenvalue weighted by Gasteiger charge is -2.12. The molecule has 0 aliphatic rings. The van der Waals surface area contributed by atoms with Crippen LogP contribution in [0, 0.1) is 0 Å². The van der Waals surface area contributed by atoms with Crippen LogP contribution in [0.15, 0.2) is 18.2 Å². The number of ether oxygens (including phenoxy) is 3. The van der Waals surface area contributed by atoms with Gasteiger partial charge in [-0.3, -0.25) is 15.0 Å². The second-order valence-electron chi connectivity index (χ2n) is 4.08. The number of benzene rings is 1. The molecule has 120 valence electrons. The van der Waals surface area contributed by atoms with E-state index in [1.54, 1.807) is 18.2 Å². The number of hydrogen-bond acceptors (Lipinski definition) is 6. The lowest BCUT2D eigenvalue weighted by Crippen LogP contribution is -2.39. The zero-order valence-electron chi connectivity index (χ0n) is 12.6. The van der Waals surface area contributed by atoms with Crippen LogP contribution in [0.5, 0.6) is 17.2 Å². The third-order valence-corrected chi connectivity index (χ3v) is 2.70. The molecule has 0 radical (unpaired) electrons. The Morgan fingerprint density at radius 3 is 2.18 bits per heavy atom. The summed E-state index contributed by atoms with van der Waals surface area (Å²) in [6, 6.07) is 3.38. The molecule has 8 heteroatoms. The van der Waals surface area contributed by atoms with E-state index in [2.05, 4.69) is 5.32 Å². The van der Waals surface area contributed by atoms with E-state index in [1.807, 2.05) is 5.43 Å². The summed E-state index contributed by atoms with van der Waals surface area (Å²) in [4.78, 5) is 22.5. The number of nitrogens with two attached hydrogens (primary N) is 1. The molecule has 22 heavy (non-hydrogen) atoms. The minimum atomic E-state index is -0.491. The minimum Gasteiger partial charge on any atom is -0.493 e. The van der Waals surface area contributed by atoms with E-state index in [1.165, 1.54) is 27.4 Å². The van der Waals surface area contributed by atoms with E-state index in [0.29, 0.717) is 22.8 Å². The van der Waals surface area contributed by atoms with Gasteiger partial charge in [0.15, 0.2) is 11.5 Å². The van der Waals surface area contributed by atoms with Crippen molar-refractivity contribution >= 4 is 17.9 Å². The lowest BCUT2D eigenvalue weighted by molar-refractivity contribution is -0.123. The Labute approximate surface area is 128 Å². The number of hydrogen-bond donors (Lipinski definition) is 3. The van der Waals surface area contributed by atoms with Gasteiger partial charge in [-0.25, -0.2) is 5.84 Å². The Morgan fingerprint density at radius 2 is 1.73 bits per heavy atom. The number of amides is 2. The molecule has 8 nitrogen and oxygen atoms in total. The van der Waals surface area contributed by atoms with E-state index < -0.39 is 11.8 Å². The summed E-state index contributed by atoms with van der Waals surface area (Å²) in [5.74, 6) is 5.40. The summed E-state index contributed by atoms with van der Waals surface area (Å²) in [7, 11) is 4.51. The molecule has 0 spiro atoms. The Balaban J connectivity index is 2.86. The molecule has 1 aromatic carbocycles. The zero-order valence-corrected chi connectivity index (χ0v) is 12.6. The predicted molar refractivity (Wildman–Crippen MR) is 80.5 cm³/mol. The average Bonchev–Trinajstić information content (AvgIpc) is 2.56. The van der Waals surface area contributed by atoms with Gasteiger partial charge in [-0.05, 0) is 23.8 Å². The predicted octanol–water partition coefficient (Wildman–Crippen LogP) is -0.168. The average molecular weight is 309 g/mol. The molecule has 0 aliphatic heterocycles. The largest absolute Gasteiger partial charge is 0.493 e. The first-order valence-corrected chi connectivity index (χ1v) is 6.31. The van der Waals surface area contributed by atoms with Crippen LogP contribution < -0.4 is 30.8 Å². The summed E-state index contributed by atoms with van der Waals surface area (Å²) in [5.41, 5.74) is 2.59. The highest BCUT2D eigenvalue weighted by molar-refractivity contribution is 5.94. The molecule has 0 unspecified atom stereocenters. The van der Waals surface area contributed by atoms with Crippen molar-refractivity contribution in [3.05, 3.63) is 23.8 Å². The number of rotatable bonds is 7. The summed E-state index contributed by atoms with van der Waals surface area (Å²) in [6.45, 7) is -0.199. The van der Waals surface area contributed by atoms with Crippen molar-refractivity contribution in [1.82, 2.24) is 10.7 Å². The van der Waals surface area contributed by atoms with E-state index in [0.717, 1.165) is 0 Å². The standard InChI is InChI=1S/C14H19N3O5/c1-20-10-6-9(7-11(21-2)14(10)22-3)4-5-12(18)16-8-13(19)17-15/h4-7H,8,15H2,1-3H3,(H,16,18)(H,17,19)/b5-4+. The number of carbonyl (C=O) groups is 2. The second kappa shape index (κ2) is 8.53. The molecule has 0 aromatic heterocycles. The molecule has 0 saturated carbocycles. The first-order chi connectivity index (χ1) is 10.5. The minimum absolute atomic E-state index is 0.199. The fourth-order valence-corrected chi connectivity index (χ4v) is 1.65. The van der Waals surface area contributed by atoms with Gasteiger partial charge in [0.05, 0.1) is 27.9 Å². The van der Waals surface area contributed by atoms with Gasteiger partial charge in [0.2, 0.25) is 11.7 Å². The van der Waals surface area contributed by atoms with Crippen molar-refractivity contribution in [2.75, 3.05) is 27.9 Å². The van der Waals surface area contributed by atoms with Gasteiger partial charge in [0.25, 0.3) is 5.91 Å². The quantitative estimate of drug-likeness (QED) is 0.279. The molecule has 1 aromatic rings. The topological polar surface area (TPSA) is 112 Å². The second-order valence-corrected chi connectivity index (χ2v) is 4.08. The highest BCUT2D eigenvalue weighted by Crippen LogP contribution is 2.38. The third kappa shape index (κ3) is 4.67. The fourth-order valence-electron chi connectivity index (χ4n) is 1.65. The van der Waals surface area contributed by atoms with Crippen LogP contribution in [0.2, 0.25) is 0 Å². The van der Waals surface area contributed by atoms with E-state index >= 15 is 0 Å². The van der Waals surface area contributed by atoms with Crippen molar-refractivity contribution in [3.63, 3.8) is 0 Å². The smallest absolute Gasteiger partial charge is 0.253 e. The molecule has 0 heterocycles. The van der Waals surface area contributed by atoms with Crippen molar-refractivity contribution in [2.24, 2.45) is 5.84 Å². The molecule has 0 bridgehead atoms. The summed E-state index contributed by atoms with van der Waals surface area (Å²) in [5, 5.41) is 2.38. The van der Waals surface area contributed by atoms with Crippen LogP contribution in [0.3, 0.4) is 0 Å². The fraction of sp³-hybridized carbons (Fsp3) is 0.286. The number of carbonyl (C=O) groups excluding carboxylic acids is 2. The van der Waals surface area contributed by atoms with Crippen LogP contribution in [-0.4, -0.2) is 39.7 Å². The molecule has 0 saturated heterocycles. The van der Waals surface area contributed by atoms with Gasteiger partial charge in [-0.15, -0.1) is 0 Å². The van der Waals surface area contributed by atoms with Gasteiger partial charge in [-0.1, -0.05) is 0 Å². The van der Waals surface area contributed by atoms with Crippen molar-refractivity contribution in [1.29, 1.82) is 0 Å². The van der Waals surface area contributed by atoms with E-state index in [4.69, 9.17) is 20.1 Å². The molecule has 0 aliphatic carbocycles. The molecular weight excluding hydrogens is 290 g/mol. The molecule has 0 atom stereocenters. The maximum Gasteiger partial charge on any atom is 0.253 e. The Bertz CT molecular complexity index is 547.